The van der Waals surface area contributed by atoms with Crippen molar-refractivity contribution in [3.05, 3.63) is 59.9 Å². The van der Waals surface area contributed by atoms with Gasteiger partial charge in [-0.15, -0.1) is 0 Å². The van der Waals surface area contributed by atoms with E-state index < -0.39 is 0 Å². The Labute approximate surface area is 167 Å². The number of rotatable bonds is 5. The SMILES string of the molecule is Cc1ccc2nc(Nc3ncnc(Nc4ccc(C(C)C)cc4)c3N)sc2c1. The van der Waals surface area contributed by atoms with Crippen LogP contribution >= 0.6 is 11.3 Å². The fourth-order valence-electron chi connectivity index (χ4n) is 2.87. The molecule has 4 N–H and O–H groups in total. The number of fused-ring (bicyclic) bond motifs is 1. The van der Waals surface area contributed by atoms with Gasteiger partial charge in [0.05, 0.1) is 10.2 Å². The van der Waals surface area contributed by atoms with Gasteiger partial charge < -0.3 is 16.4 Å². The summed E-state index contributed by atoms with van der Waals surface area (Å²) in [6.45, 7) is 6.42. The summed E-state index contributed by atoms with van der Waals surface area (Å²) in [5.74, 6) is 1.59. The van der Waals surface area contributed by atoms with Gasteiger partial charge in [0, 0.05) is 5.69 Å². The van der Waals surface area contributed by atoms with Crippen molar-refractivity contribution < 1.29 is 0 Å². The Morgan fingerprint density at radius 1 is 0.964 bits per heavy atom. The lowest BCUT2D eigenvalue weighted by Crippen LogP contribution is -2.05. The minimum absolute atomic E-state index is 0.450. The molecule has 0 spiro atoms. The highest BCUT2D eigenvalue weighted by molar-refractivity contribution is 7.22. The molecule has 0 atom stereocenters. The van der Waals surface area contributed by atoms with Gasteiger partial charge in [0.2, 0.25) is 0 Å². The second-order valence-corrected chi connectivity index (χ2v) is 8.03. The van der Waals surface area contributed by atoms with Crippen LogP contribution in [0, 0.1) is 6.92 Å². The predicted octanol–water partition coefficient (Wildman–Crippen LogP) is 5.59. The minimum Gasteiger partial charge on any atom is -0.393 e. The number of thiazole rings is 1. The van der Waals surface area contributed by atoms with Gasteiger partial charge in [-0.25, -0.2) is 15.0 Å². The summed E-state index contributed by atoms with van der Waals surface area (Å²) in [6, 6.07) is 14.5. The predicted molar refractivity (Wildman–Crippen MR) is 118 cm³/mol. The first kappa shape index (κ1) is 18.2. The molecule has 6 nitrogen and oxygen atoms in total. The third-order valence-electron chi connectivity index (χ3n) is 4.49. The molecule has 2 heterocycles. The summed E-state index contributed by atoms with van der Waals surface area (Å²) >= 11 is 1.57. The smallest absolute Gasteiger partial charge is 0.189 e. The molecule has 0 aliphatic heterocycles. The van der Waals surface area contributed by atoms with E-state index in [0.717, 1.165) is 21.0 Å². The molecule has 4 aromatic rings. The molecule has 7 heteroatoms. The van der Waals surface area contributed by atoms with Gasteiger partial charge in [-0.1, -0.05) is 43.4 Å². The van der Waals surface area contributed by atoms with Crippen LogP contribution < -0.4 is 16.4 Å². The van der Waals surface area contributed by atoms with E-state index in [1.165, 1.54) is 17.5 Å². The Kier molecular flexibility index (Phi) is 4.83. The second kappa shape index (κ2) is 7.44. The van der Waals surface area contributed by atoms with E-state index >= 15 is 0 Å². The van der Waals surface area contributed by atoms with Crippen molar-refractivity contribution in [2.24, 2.45) is 0 Å². The molecule has 0 amide bonds. The van der Waals surface area contributed by atoms with E-state index in [0.29, 0.717) is 23.2 Å². The van der Waals surface area contributed by atoms with Crippen LogP contribution in [0.1, 0.15) is 30.9 Å². The van der Waals surface area contributed by atoms with Gasteiger partial charge in [0.25, 0.3) is 0 Å². The molecule has 0 unspecified atom stereocenters. The van der Waals surface area contributed by atoms with Crippen LogP contribution in [0.15, 0.2) is 48.8 Å². The topological polar surface area (TPSA) is 88.8 Å². The zero-order valence-corrected chi connectivity index (χ0v) is 16.8. The Balaban J connectivity index is 1.57. The highest BCUT2D eigenvalue weighted by Crippen LogP contribution is 2.32. The monoisotopic (exact) mass is 390 g/mol. The molecule has 0 aliphatic rings. The number of nitrogens with two attached hydrogens (primary N) is 1. The van der Waals surface area contributed by atoms with E-state index in [-0.39, 0.29) is 0 Å². The van der Waals surface area contributed by atoms with Gasteiger partial charge in [-0.2, -0.15) is 0 Å². The van der Waals surface area contributed by atoms with Crippen molar-refractivity contribution in [3.8, 4) is 0 Å². The highest BCUT2D eigenvalue weighted by atomic mass is 32.1. The van der Waals surface area contributed by atoms with Crippen molar-refractivity contribution >= 4 is 49.7 Å². The normalized spacial score (nSPS) is 11.1. The maximum absolute atomic E-state index is 6.30. The Hall–Kier alpha value is -3.19. The average Bonchev–Trinajstić information content (AvgIpc) is 3.07. The molecule has 0 aliphatic carbocycles. The maximum atomic E-state index is 6.30. The lowest BCUT2D eigenvalue weighted by Gasteiger charge is -2.12. The number of benzene rings is 2. The zero-order valence-electron chi connectivity index (χ0n) is 16.0. The van der Waals surface area contributed by atoms with Crippen LogP contribution in [0.2, 0.25) is 0 Å². The average molecular weight is 391 g/mol. The number of hydrogen-bond donors (Lipinski definition) is 3. The molecule has 0 fully saturated rings. The number of nitrogens with zero attached hydrogens (tertiary/aromatic N) is 3. The minimum atomic E-state index is 0.450. The molecule has 142 valence electrons. The van der Waals surface area contributed by atoms with Crippen molar-refractivity contribution in [1.29, 1.82) is 0 Å². The summed E-state index contributed by atoms with van der Waals surface area (Å²) in [5.41, 5.74) is 11.1. The van der Waals surface area contributed by atoms with Crippen LogP contribution in [0.25, 0.3) is 10.2 Å². The van der Waals surface area contributed by atoms with E-state index in [9.17, 15) is 0 Å². The summed E-state index contributed by atoms with van der Waals surface area (Å²) in [5, 5.41) is 7.24. The fourth-order valence-corrected chi connectivity index (χ4v) is 3.83. The van der Waals surface area contributed by atoms with Crippen molar-refractivity contribution in [1.82, 2.24) is 15.0 Å². The molecular weight excluding hydrogens is 368 g/mol. The van der Waals surface area contributed by atoms with Gasteiger partial charge in [-0.3, -0.25) is 0 Å². The first-order valence-electron chi connectivity index (χ1n) is 9.11. The van der Waals surface area contributed by atoms with Crippen LogP contribution in [0.4, 0.5) is 28.1 Å². The highest BCUT2D eigenvalue weighted by Gasteiger charge is 2.11. The number of aromatic nitrogens is 3. The molecular formula is C21H22N6S. The molecule has 2 aromatic carbocycles. The summed E-state index contributed by atoms with van der Waals surface area (Å²) in [6.07, 6.45) is 1.49. The number of nitrogens with one attached hydrogen (secondary N) is 2. The summed E-state index contributed by atoms with van der Waals surface area (Å²) < 4.78 is 1.12. The third-order valence-corrected chi connectivity index (χ3v) is 5.43. The molecule has 0 radical (unpaired) electrons. The summed E-state index contributed by atoms with van der Waals surface area (Å²) in [4.78, 5) is 13.2. The van der Waals surface area contributed by atoms with Gasteiger partial charge >= 0.3 is 0 Å². The van der Waals surface area contributed by atoms with E-state index in [4.69, 9.17) is 5.73 Å². The second-order valence-electron chi connectivity index (χ2n) is 7.00. The van der Waals surface area contributed by atoms with E-state index in [2.05, 4.69) is 70.6 Å². The lowest BCUT2D eigenvalue weighted by molar-refractivity contribution is 0.867. The molecule has 28 heavy (non-hydrogen) atoms. The Morgan fingerprint density at radius 3 is 2.39 bits per heavy atom. The maximum Gasteiger partial charge on any atom is 0.189 e. The molecule has 0 bridgehead atoms. The summed E-state index contributed by atoms with van der Waals surface area (Å²) in [7, 11) is 0. The van der Waals surface area contributed by atoms with E-state index in [1.807, 2.05) is 18.2 Å². The quantitative estimate of drug-likeness (QED) is 0.412. The third kappa shape index (κ3) is 3.75. The molecule has 4 rings (SSSR count). The van der Waals surface area contributed by atoms with Crippen molar-refractivity contribution in [2.75, 3.05) is 16.4 Å². The number of anilines is 5. The van der Waals surface area contributed by atoms with E-state index in [1.54, 1.807) is 11.3 Å². The largest absolute Gasteiger partial charge is 0.393 e. The van der Waals surface area contributed by atoms with Crippen molar-refractivity contribution in [2.45, 2.75) is 26.7 Å². The Bertz CT molecular complexity index is 1120. The van der Waals surface area contributed by atoms with Crippen LogP contribution in [0.3, 0.4) is 0 Å². The molecule has 2 aromatic heterocycles. The standard InChI is InChI=1S/C21H22N6S/c1-12(2)14-5-7-15(8-6-14)25-19-18(22)20(24-11-23-19)27-21-26-16-9-4-13(3)10-17(16)28-21/h4-12H,22H2,1-3H3,(H2,23,24,25,26,27). The number of nitrogen functional groups attached to an aromatic ring is 1. The van der Waals surface area contributed by atoms with Crippen LogP contribution in [-0.2, 0) is 0 Å². The molecule has 0 saturated carbocycles. The first-order chi connectivity index (χ1) is 13.5. The van der Waals surface area contributed by atoms with Gasteiger partial charge in [0.15, 0.2) is 16.8 Å². The fraction of sp³-hybridized carbons (Fsp3) is 0.190. The zero-order chi connectivity index (χ0) is 19.7. The lowest BCUT2D eigenvalue weighted by atomic mass is 10.0. The molecule has 0 saturated heterocycles. The Morgan fingerprint density at radius 2 is 1.68 bits per heavy atom. The number of aryl methyl sites for hydroxylation is 1. The van der Waals surface area contributed by atoms with Crippen LogP contribution in [0.5, 0.6) is 0 Å². The first-order valence-corrected chi connectivity index (χ1v) is 9.93. The van der Waals surface area contributed by atoms with Crippen LogP contribution in [-0.4, -0.2) is 15.0 Å². The van der Waals surface area contributed by atoms with Crippen molar-refractivity contribution in [3.63, 3.8) is 0 Å². The van der Waals surface area contributed by atoms with Gasteiger partial charge in [0.1, 0.15) is 12.0 Å². The number of hydrogen-bond acceptors (Lipinski definition) is 7. The van der Waals surface area contributed by atoms with Gasteiger partial charge in [-0.05, 0) is 48.2 Å².